The van der Waals surface area contributed by atoms with Crippen LogP contribution >= 0.6 is 0 Å². The summed E-state index contributed by atoms with van der Waals surface area (Å²) in [5.74, 6) is -1.39. The Morgan fingerprint density at radius 3 is 2.36 bits per heavy atom. The van der Waals surface area contributed by atoms with Crippen LogP contribution in [0.15, 0.2) is 81.5 Å². The fraction of sp³-hybridized carbons (Fsp3) is 0.200. The van der Waals surface area contributed by atoms with E-state index in [0.717, 1.165) is 11.8 Å². The van der Waals surface area contributed by atoms with E-state index < -0.39 is 32.6 Å². The van der Waals surface area contributed by atoms with Crippen molar-refractivity contribution < 1.29 is 22.3 Å². The summed E-state index contributed by atoms with van der Waals surface area (Å²) < 4.78 is 47.1. The maximum absolute atomic E-state index is 15.0. The number of nitrogens with zero attached hydrogens (tertiary/aromatic N) is 1. The summed E-state index contributed by atoms with van der Waals surface area (Å²) in [6.07, 6.45) is -0.155. The van der Waals surface area contributed by atoms with Crippen LogP contribution in [0.1, 0.15) is 20.3 Å². The van der Waals surface area contributed by atoms with Crippen molar-refractivity contribution in [3.8, 4) is 0 Å². The molecule has 170 valence electrons. The standard InChI is InChI=1S/C25H23FN2O4S/c1-3-32-23(29)15-20-16(2)27-22-14-13-21(26)25(24(20)22)33(30,31)19-11-9-18(10-12-19)28-17-7-5-4-6-8-17/h4-14,16,28H,3,15H2,1-2H3. The van der Waals surface area contributed by atoms with Crippen LogP contribution in [0.2, 0.25) is 0 Å². The molecule has 0 aliphatic carbocycles. The van der Waals surface area contributed by atoms with Crippen LogP contribution in [0, 0.1) is 5.82 Å². The molecule has 1 heterocycles. The minimum absolute atomic E-state index is 0.0524. The topological polar surface area (TPSA) is 84.8 Å². The lowest BCUT2D eigenvalue weighted by molar-refractivity contribution is -0.141. The smallest absolute Gasteiger partial charge is 0.310 e. The van der Waals surface area contributed by atoms with E-state index in [-0.39, 0.29) is 23.1 Å². The van der Waals surface area contributed by atoms with Crippen LogP contribution in [-0.4, -0.2) is 27.0 Å². The lowest BCUT2D eigenvalue weighted by Gasteiger charge is -2.11. The maximum Gasteiger partial charge on any atom is 0.310 e. The van der Waals surface area contributed by atoms with Crippen LogP contribution < -0.4 is 15.9 Å². The number of carbonyl (C=O) groups is 1. The van der Waals surface area contributed by atoms with E-state index >= 15 is 4.39 Å². The number of sulfone groups is 1. The number of halogens is 1. The van der Waals surface area contributed by atoms with E-state index in [1.807, 2.05) is 30.3 Å². The van der Waals surface area contributed by atoms with Crippen LogP contribution in [-0.2, 0) is 19.4 Å². The Morgan fingerprint density at radius 1 is 1.03 bits per heavy atom. The molecule has 6 nitrogen and oxygen atoms in total. The van der Waals surface area contributed by atoms with E-state index in [1.165, 1.54) is 18.2 Å². The van der Waals surface area contributed by atoms with Crippen LogP contribution in [0.25, 0.3) is 5.57 Å². The average molecular weight is 467 g/mol. The Bertz CT molecular complexity index is 1420. The van der Waals surface area contributed by atoms with Gasteiger partial charge in [0.05, 0.1) is 29.3 Å². The molecule has 8 heteroatoms. The summed E-state index contributed by atoms with van der Waals surface area (Å²) in [6, 6.07) is 17.6. The highest BCUT2D eigenvalue weighted by molar-refractivity contribution is 7.91. The normalized spacial score (nSPS) is 15.0. The third kappa shape index (κ3) is 4.52. The van der Waals surface area contributed by atoms with E-state index in [9.17, 15) is 13.2 Å². The van der Waals surface area contributed by atoms with Crippen LogP contribution in [0.4, 0.5) is 15.8 Å². The monoisotopic (exact) mass is 466 g/mol. The van der Waals surface area contributed by atoms with Crippen molar-refractivity contribution in [3.05, 3.63) is 83.1 Å². The molecule has 3 aromatic carbocycles. The number of benzene rings is 3. The predicted octanol–water partition coefficient (Wildman–Crippen LogP) is 3.53. The Morgan fingerprint density at radius 2 is 1.70 bits per heavy atom. The van der Waals surface area contributed by atoms with Gasteiger partial charge in [-0.05, 0) is 68.0 Å². The summed E-state index contributed by atoms with van der Waals surface area (Å²) in [7, 11) is -4.22. The number of hydrogen-bond donors (Lipinski definition) is 1. The molecule has 4 rings (SSSR count). The predicted molar refractivity (Wildman–Crippen MR) is 123 cm³/mol. The quantitative estimate of drug-likeness (QED) is 0.539. The molecule has 33 heavy (non-hydrogen) atoms. The molecule has 1 atom stereocenters. The molecule has 0 radical (unpaired) electrons. The van der Waals surface area contributed by atoms with Gasteiger partial charge >= 0.3 is 5.97 Å². The zero-order valence-electron chi connectivity index (χ0n) is 18.2. The molecular weight excluding hydrogens is 443 g/mol. The van der Waals surface area contributed by atoms with Gasteiger partial charge in [-0.25, -0.2) is 12.8 Å². The molecule has 1 N–H and O–H groups in total. The van der Waals surface area contributed by atoms with Gasteiger partial charge in [0.25, 0.3) is 0 Å². The largest absolute Gasteiger partial charge is 0.466 e. The SMILES string of the molecule is CCOC(=O)CC1=c2c(S(=O)(=O)c3ccc(Nc4ccccc4)cc3)c(F)ccc2=NC1C. The third-order valence-electron chi connectivity index (χ3n) is 5.38. The van der Waals surface area contributed by atoms with Crippen molar-refractivity contribution in [2.45, 2.75) is 36.1 Å². The number of esters is 1. The second-order valence-electron chi connectivity index (χ2n) is 7.60. The second-order valence-corrected chi connectivity index (χ2v) is 9.49. The number of ether oxygens (including phenoxy) is 1. The zero-order valence-corrected chi connectivity index (χ0v) is 19.0. The van der Waals surface area contributed by atoms with Gasteiger partial charge in [-0.1, -0.05) is 18.2 Å². The number of hydrogen-bond acceptors (Lipinski definition) is 6. The first-order valence-corrected chi connectivity index (χ1v) is 12.0. The highest BCUT2D eigenvalue weighted by Crippen LogP contribution is 2.25. The summed E-state index contributed by atoms with van der Waals surface area (Å²) in [6.45, 7) is 3.62. The number of rotatable bonds is 7. The fourth-order valence-electron chi connectivity index (χ4n) is 3.85. The summed E-state index contributed by atoms with van der Waals surface area (Å²) in [5, 5.41) is 3.69. The lowest BCUT2D eigenvalue weighted by Crippen LogP contribution is -2.32. The molecular formula is C25H23FN2O4S. The third-order valence-corrected chi connectivity index (χ3v) is 7.21. The van der Waals surface area contributed by atoms with E-state index in [4.69, 9.17) is 4.74 Å². The molecule has 0 fully saturated rings. The number of nitrogens with one attached hydrogen (secondary N) is 1. The molecule has 1 aliphatic rings. The Labute approximate surface area is 191 Å². The maximum atomic E-state index is 15.0. The average Bonchev–Trinajstić information content (AvgIpc) is 3.09. The Kier molecular flexibility index (Phi) is 6.29. The molecule has 1 aliphatic heterocycles. The van der Waals surface area contributed by atoms with Crippen molar-refractivity contribution in [3.63, 3.8) is 0 Å². The number of para-hydroxylation sites is 1. The highest BCUT2D eigenvalue weighted by Gasteiger charge is 2.29. The van der Waals surface area contributed by atoms with Crippen LogP contribution in [0.5, 0.6) is 0 Å². The minimum atomic E-state index is -4.22. The highest BCUT2D eigenvalue weighted by atomic mass is 32.2. The molecule has 0 spiro atoms. The minimum Gasteiger partial charge on any atom is -0.466 e. The molecule has 0 aromatic heterocycles. The Balaban J connectivity index is 1.78. The van der Waals surface area contributed by atoms with Crippen molar-refractivity contribution in [1.82, 2.24) is 0 Å². The van der Waals surface area contributed by atoms with Crippen molar-refractivity contribution >= 4 is 32.8 Å². The number of anilines is 2. The van der Waals surface area contributed by atoms with Crippen LogP contribution in [0.3, 0.4) is 0 Å². The first-order valence-electron chi connectivity index (χ1n) is 10.5. The van der Waals surface area contributed by atoms with Gasteiger partial charge in [-0.15, -0.1) is 0 Å². The van der Waals surface area contributed by atoms with Crippen molar-refractivity contribution in [2.75, 3.05) is 11.9 Å². The number of carbonyl (C=O) groups excluding carboxylic acids is 1. The van der Waals surface area contributed by atoms with Gasteiger partial charge in [0, 0.05) is 16.6 Å². The van der Waals surface area contributed by atoms with E-state index in [0.29, 0.717) is 16.6 Å². The van der Waals surface area contributed by atoms with Gasteiger partial charge in [-0.3, -0.25) is 9.79 Å². The Hall–Kier alpha value is -3.52. The second kappa shape index (κ2) is 9.15. The van der Waals surface area contributed by atoms with Gasteiger partial charge in [0.2, 0.25) is 9.84 Å². The lowest BCUT2D eigenvalue weighted by atomic mass is 10.0. The molecule has 0 saturated carbocycles. The molecule has 3 aromatic rings. The molecule has 0 bridgehead atoms. The molecule has 0 saturated heterocycles. The summed E-state index contributed by atoms with van der Waals surface area (Å²) in [4.78, 5) is 16.0. The van der Waals surface area contributed by atoms with Gasteiger partial charge in [0.1, 0.15) is 10.7 Å². The number of fused-ring (bicyclic) bond motifs is 1. The summed E-state index contributed by atoms with van der Waals surface area (Å²) in [5.41, 5.74) is 1.98. The summed E-state index contributed by atoms with van der Waals surface area (Å²) >= 11 is 0. The van der Waals surface area contributed by atoms with Gasteiger partial charge < -0.3 is 10.1 Å². The zero-order chi connectivity index (χ0) is 23.6. The first kappa shape index (κ1) is 22.7. The molecule has 0 amide bonds. The van der Waals surface area contributed by atoms with E-state index in [1.54, 1.807) is 26.0 Å². The van der Waals surface area contributed by atoms with Gasteiger partial charge in [-0.2, -0.15) is 0 Å². The van der Waals surface area contributed by atoms with Crippen molar-refractivity contribution in [2.24, 2.45) is 4.99 Å². The van der Waals surface area contributed by atoms with E-state index in [2.05, 4.69) is 10.3 Å². The molecule has 1 unspecified atom stereocenters. The van der Waals surface area contributed by atoms with Crippen molar-refractivity contribution in [1.29, 1.82) is 0 Å². The fourth-order valence-corrected chi connectivity index (χ4v) is 5.41. The van der Waals surface area contributed by atoms with Gasteiger partial charge in [0.15, 0.2) is 0 Å². The first-order chi connectivity index (χ1) is 15.8.